The number of hydrogen-bond donors (Lipinski definition) is 2. The second kappa shape index (κ2) is 12.3. The fourth-order valence-corrected chi connectivity index (χ4v) is 4.56. The summed E-state index contributed by atoms with van der Waals surface area (Å²) in [6.07, 6.45) is 3.77. The van der Waals surface area contributed by atoms with E-state index in [1.807, 2.05) is 18.3 Å². The maximum Gasteiger partial charge on any atom is 0.414 e. The Kier molecular flexibility index (Phi) is 9.19. The SMILES string of the molecule is Cc1cccc(N2CCN(C(=O)C3CCN(Cc4ccccn4)CC3)CC2)c1C.O=C(O)C(=O)O. The van der Waals surface area contributed by atoms with Gasteiger partial charge in [0.15, 0.2) is 0 Å². The minimum Gasteiger partial charge on any atom is -0.473 e. The highest BCUT2D eigenvalue weighted by Gasteiger charge is 2.30. The van der Waals surface area contributed by atoms with Gasteiger partial charge in [0.2, 0.25) is 5.91 Å². The largest absolute Gasteiger partial charge is 0.473 e. The Morgan fingerprint density at radius 1 is 0.886 bits per heavy atom. The van der Waals surface area contributed by atoms with Crippen LogP contribution in [-0.2, 0) is 20.9 Å². The molecule has 0 bridgehead atoms. The molecule has 9 nitrogen and oxygen atoms in total. The minimum atomic E-state index is -1.82. The number of aliphatic carboxylic acids is 2. The van der Waals surface area contributed by atoms with Crippen LogP contribution in [0.4, 0.5) is 5.69 Å². The smallest absolute Gasteiger partial charge is 0.414 e. The first kappa shape index (κ1) is 26.2. The number of carboxylic acid groups (broad SMARTS) is 2. The molecule has 2 N–H and O–H groups in total. The number of piperazine rings is 1. The highest BCUT2D eigenvalue weighted by molar-refractivity contribution is 6.27. The van der Waals surface area contributed by atoms with Crippen molar-refractivity contribution in [2.75, 3.05) is 44.2 Å². The first-order valence-electron chi connectivity index (χ1n) is 11.9. The highest BCUT2D eigenvalue weighted by atomic mass is 16.4. The van der Waals surface area contributed by atoms with Gasteiger partial charge in [-0.25, -0.2) is 9.59 Å². The van der Waals surface area contributed by atoms with Crippen molar-refractivity contribution in [3.63, 3.8) is 0 Å². The second-order valence-corrected chi connectivity index (χ2v) is 9.01. The first-order chi connectivity index (χ1) is 16.8. The number of amides is 1. The van der Waals surface area contributed by atoms with Gasteiger partial charge in [-0.15, -0.1) is 0 Å². The molecule has 188 valence electrons. The van der Waals surface area contributed by atoms with Crippen molar-refractivity contribution >= 4 is 23.5 Å². The Labute approximate surface area is 206 Å². The molecule has 2 fully saturated rings. The van der Waals surface area contributed by atoms with E-state index in [4.69, 9.17) is 19.8 Å². The summed E-state index contributed by atoms with van der Waals surface area (Å²) in [5.41, 5.74) is 5.12. The summed E-state index contributed by atoms with van der Waals surface area (Å²) in [6, 6.07) is 12.6. The summed E-state index contributed by atoms with van der Waals surface area (Å²) in [6.45, 7) is 10.7. The number of rotatable bonds is 4. The van der Waals surface area contributed by atoms with Crippen LogP contribution >= 0.6 is 0 Å². The van der Waals surface area contributed by atoms with E-state index in [9.17, 15) is 4.79 Å². The molecular formula is C26H34N4O5. The van der Waals surface area contributed by atoms with Crippen LogP contribution < -0.4 is 4.90 Å². The lowest BCUT2D eigenvalue weighted by Gasteiger charge is -2.39. The molecule has 0 unspecified atom stereocenters. The normalized spacial score (nSPS) is 16.9. The van der Waals surface area contributed by atoms with Crippen LogP contribution in [0.2, 0.25) is 0 Å². The summed E-state index contributed by atoms with van der Waals surface area (Å²) in [4.78, 5) is 42.6. The zero-order chi connectivity index (χ0) is 25.4. The summed E-state index contributed by atoms with van der Waals surface area (Å²) < 4.78 is 0. The predicted molar refractivity (Wildman–Crippen MR) is 132 cm³/mol. The van der Waals surface area contributed by atoms with E-state index in [-0.39, 0.29) is 5.92 Å². The van der Waals surface area contributed by atoms with Crippen LogP contribution in [0.25, 0.3) is 0 Å². The summed E-state index contributed by atoms with van der Waals surface area (Å²) in [5.74, 6) is -3.10. The summed E-state index contributed by atoms with van der Waals surface area (Å²) in [7, 11) is 0. The molecule has 1 amide bonds. The number of aryl methyl sites for hydroxylation is 1. The fraction of sp³-hybridized carbons (Fsp3) is 0.462. The van der Waals surface area contributed by atoms with Crippen molar-refractivity contribution in [2.45, 2.75) is 33.2 Å². The predicted octanol–water partition coefficient (Wildman–Crippen LogP) is 2.41. The Hall–Kier alpha value is -3.46. The lowest BCUT2D eigenvalue weighted by atomic mass is 9.94. The summed E-state index contributed by atoms with van der Waals surface area (Å²) >= 11 is 0. The third-order valence-electron chi connectivity index (χ3n) is 6.74. The average molecular weight is 483 g/mol. The van der Waals surface area contributed by atoms with Crippen molar-refractivity contribution in [3.8, 4) is 0 Å². The monoisotopic (exact) mass is 482 g/mol. The van der Waals surface area contributed by atoms with Crippen molar-refractivity contribution in [1.29, 1.82) is 0 Å². The Balaban J connectivity index is 0.000000509. The molecule has 0 spiro atoms. The topological polar surface area (TPSA) is 114 Å². The van der Waals surface area contributed by atoms with Crippen molar-refractivity contribution in [2.24, 2.45) is 5.92 Å². The molecule has 9 heteroatoms. The van der Waals surface area contributed by atoms with Crippen molar-refractivity contribution < 1.29 is 24.6 Å². The zero-order valence-corrected chi connectivity index (χ0v) is 20.4. The van der Waals surface area contributed by atoms with E-state index in [0.717, 1.165) is 64.3 Å². The second-order valence-electron chi connectivity index (χ2n) is 9.01. The zero-order valence-electron chi connectivity index (χ0n) is 20.4. The molecule has 35 heavy (non-hydrogen) atoms. The van der Waals surface area contributed by atoms with E-state index in [0.29, 0.717) is 5.91 Å². The molecule has 2 aliphatic heterocycles. The summed E-state index contributed by atoms with van der Waals surface area (Å²) in [5, 5.41) is 14.8. The molecule has 0 saturated carbocycles. The number of aromatic nitrogens is 1. The average Bonchev–Trinajstić information content (AvgIpc) is 2.87. The standard InChI is InChI=1S/C24H32N4O.C2H2O4/c1-19-6-5-8-23(20(19)2)27-14-16-28(17-15-27)24(29)21-9-12-26(13-10-21)18-22-7-3-4-11-25-22;3-1(4)2(5)6/h3-8,11,21H,9-10,12-18H2,1-2H3;(H,3,4)(H,5,6). The molecule has 2 saturated heterocycles. The highest BCUT2D eigenvalue weighted by Crippen LogP contribution is 2.26. The lowest BCUT2D eigenvalue weighted by molar-refractivity contribution is -0.159. The maximum absolute atomic E-state index is 13.1. The maximum atomic E-state index is 13.1. The molecule has 1 aromatic carbocycles. The van der Waals surface area contributed by atoms with Crippen LogP contribution in [0, 0.1) is 19.8 Å². The van der Waals surface area contributed by atoms with Gasteiger partial charge in [-0.05, 0) is 69.1 Å². The lowest BCUT2D eigenvalue weighted by Crippen LogP contribution is -2.51. The number of piperidine rings is 1. The van der Waals surface area contributed by atoms with Gasteiger partial charge in [-0.3, -0.25) is 14.7 Å². The fourth-order valence-electron chi connectivity index (χ4n) is 4.56. The third kappa shape index (κ3) is 7.26. The van der Waals surface area contributed by atoms with Crippen LogP contribution in [0.3, 0.4) is 0 Å². The van der Waals surface area contributed by atoms with Crippen LogP contribution in [0.1, 0.15) is 29.7 Å². The van der Waals surface area contributed by atoms with Gasteiger partial charge in [0.1, 0.15) is 0 Å². The van der Waals surface area contributed by atoms with E-state index in [1.54, 1.807) is 0 Å². The number of likely N-dealkylation sites (tertiary alicyclic amines) is 1. The molecule has 0 radical (unpaired) electrons. The Bertz CT molecular complexity index is 1000. The molecule has 0 aliphatic carbocycles. The third-order valence-corrected chi connectivity index (χ3v) is 6.74. The van der Waals surface area contributed by atoms with E-state index < -0.39 is 11.9 Å². The van der Waals surface area contributed by atoms with Gasteiger partial charge < -0.3 is 20.0 Å². The quantitative estimate of drug-likeness (QED) is 0.639. The van der Waals surface area contributed by atoms with E-state index in [1.165, 1.54) is 16.8 Å². The van der Waals surface area contributed by atoms with E-state index >= 15 is 0 Å². The van der Waals surface area contributed by atoms with Gasteiger partial charge in [-0.2, -0.15) is 0 Å². The van der Waals surface area contributed by atoms with Gasteiger partial charge >= 0.3 is 11.9 Å². The molecule has 0 atom stereocenters. The number of carboxylic acids is 2. The number of benzene rings is 1. The van der Waals surface area contributed by atoms with Gasteiger partial charge in [-0.1, -0.05) is 18.2 Å². The van der Waals surface area contributed by atoms with Crippen LogP contribution in [-0.4, -0.2) is 82.1 Å². The number of pyridine rings is 1. The van der Waals surface area contributed by atoms with Gasteiger partial charge in [0, 0.05) is 50.5 Å². The molecule has 2 aliphatic rings. The van der Waals surface area contributed by atoms with Crippen LogP contribution in [0.5, 0.6) is 0 Å². The Morgan fingerprint density at radius 3 is 2.11 bits per heavy atom. The van der Waals surface area contributed by atoms with Crippen molar-refractivity contribution in [3.05, 3.63) is 59.4 Å². The Morgan fingerprint density at radius 2 is 1.54 bits per heavy atom. The van der Waals surface area contributed by atoms with Gasteiger partial charge in [0.05, 0.1) is 5.69 Å². The number of anilines is 1. The molecule has 4 rings (SSSR count). The molecule has 1 aromatic heterocycles. The minimum absolute atomic E-state index is 0.183. The van der Waals surface area contributed by atoms with Crippen molar-refractivity contribution in [1.82, 2.24) is 14.8 Å². The van der Waals surface area contributed by atoms with Crippen LogP contribution in [0.15, 0.2) is 42.6 Å². The molecule has 3 heterocycles. The number of hydrogen-bond acceptors (Lipinski definition) is 6. The van der Waals surface area contributed by atoms with Gasteiger partial charge in [0.25, 0.3) is 0 Å². The number of carbonyl (C=O) groups excluding carboxylic acids is 1. The molecule has 2 aromatic rings. The first-order valence-corrected chi connectivity index (χ1v) is 11.9. The molecular weight excluding hydrogens is 448 g/mol. The number of carbonyl (C=O) groups is 3. The number of nitrogens with zero attached hydrogens (tertiary/aromatic N) is 4. The van der Waals surface area contributed by atoms with E-state index in [2.05, 4.69) is 57.8 Å².